The average molecular weight is 418 g/mol. The Morgan fingerprint density at radius 3 is 2.77 bits per heavy atom. The van der Waals surface area contributed by atoms with Crippen LogP contribution in [0.2, 0.25) is 0 Å². The number of anilines is 1. The van der Waals surface area contributed by atoms with E-state index in [9.17, 15) is 9.59 Å². The monoisotopic (exact) mass is 418 g/mol. The van der Waals surface area contributed by atoms with Gasteiger partial charge in [-0.15, -0.1) is 10.2 Å². The van der Waals surface area contributed by atoms with Crippen LogP contribution in [-0.2, 0) is 23.6 Å². The van der Waals surface area contributed by atoms with E-state index in [0.717, 1.165) is 24.2 Å². The number of nitrogens with zero attached hydrogens (tertiary/aromatic N) is 5. The second kappa shape index (κ2) is 7.66. The maximum atomic E-state index is 12.9. The fourth-order valence-corrected chi connectivity index (χ4v) is 3.80. The van der Waals surface area contributed by atoms with Crippen LogP contribution < -0.4 is 5.32 Å². The summed E-state index contributed by atoms with van der Waals surface area (Å²) in [6.07, 6.45) is 5.00. The molecule has 31 heavy (non-hydrogen) atoms. The molecule has 3 aromatic rings. The number of carbonyl (C=O) groups excluding carboxylic acids is 2. The van der Waals surface area contributed by atoms with E-state index in [2.05, 4.69) is 25.5 Å². The molecule has 2 aliphatic rings. The van der Waals surface area contributed by atoms with Crippen molar-refractivity contribution in [1.82, 2.24) is 24.7 Å². The summed E-state index contributed by atoms with van der Waals surface area (Å²) in [6, 6.07) is 9.16. The van der Waals surface area contributed by atoms with E-state index >= 15 is 0 Å². The summed E-state index contributed by atoms with van der Waals surface area (Å²) < 4.78 is 7.45. The fourth-order valence-electron chi connectivity index (χ4n) is 3.80. The molecule has 9 nitrogen and oxygen atoms in total. The van der Waals surface area contributed by atoms with Gasteiger partial charge in [0.05, 0.1) is 13.2 Å². The number of benzene rings is 1. The number of ether oxygens (including phenoxy) is 1. The highest BCUT2D eigenvalue weighted by atomic mass is 16.5. The first-order valence-electron chi connectivity index (χ1n) is 10.2. The number of rotatable bonds is 7. The SMILES string of the molecule is Cn1cnnc1CC1(c2cccc(NC(=O)c3cc(C=O)nc(C4CC4)n3)c2)COC1. The van der Waals surface area contributed by atoms with Gasteiger partial charge in [-0.1, -0.05) is 12.1 Å². The van der Waals surface area contributed by atoms with Gasteiger partial charge in [-0.3, -0.25) is 9.59 Å². The molecule has 1 saturated carbocycles. The van der Waals surface area contributed by atoms with E-state index in [1.165, 1.54) is 6.07 Å². The third-order valence-corrected chi connectivity index (χ3v) is 5.85. The lowest BCUT2D eigenvalue weighted by molar-refractivity contribution is -0.0610. The molecule has 0 unspecified atom stereocenters. The summed E-state index contributed by atoms with van der Waals surface area (Å²) in [7, 11) is 1.92. The molecule has 1 aliphatic heterocycles. The number of aromatic nitrogens is 5. The molecule has 0 atom stereocenters. The van der Waals surface area contributed by atoms with E-state index in [-0.39, 0.29) is 28.6 Å². The standard InChI is InChI=1S/C22H22N6O3/c1-28-13-23-27-19(28)9-22(11-31-12-22)15-3-2-4-16(7-15)25-21(30)18-8-17(10-29)24-20(26-18)14-5-6-14/h2-4,7-8,10,13-14H,5-6,9,11-12H2,1H3,(H,25,30). The smallest absolute Gasteiger partial charge is 0.274 e. The highest BCUT2D eigenvalue weighted by Gasteiger charge is 2.41. The molecular weight excluding hydrogens is 396 g/mol. The second-order valence-electron chi connectivity index (χ2n) is 8.27. The summed E-state index contributed by atoms with van der Waals surface area (Å²) >= 11 is 0. The Morgan fingerprint density at radius 1 is 1.29 bits per heavy atom. The molecule has 1 amide bonds. The molecular formula is C22H22N6O3. The largest absolute Gasteiger partial charge is 0.379 e. The van der Waals surface area contributed by atoms with Crippen molar-refractivity contribution < 1.29 is 14.3 Å². The Labute approximate surface area is 178 Å². The van der Waals surface area contributed by atoms with Crippen molar-refractivity contribution in [3.8, 4) is 0 Å². The Balaban J connectivity index is 1.38. The highest BCUT2D eigenvalue weighted by Crippen LogP contribution is 2.38. The van der Waals surface area contributed by atoms with Crippen molar-refractivity contribution in [3.63, 3.8) is 0 Å². The zero-order valence-electron chi connectivity index (χ0n) is 17.1. The molecule has 0 bridgehead atoms. The van der Waals surface area contributed by atoms with Gasteiger partial charge in [-0.2, -0.15) is 0 Å². The Kier molecular flexibility index (Phi) is 4.82. The number of nitrogens with one attached hydrogen (secondary N) is 1. The van der Waals surface area contributed by atoms with Crippen LogP contribution in [0, 0.1) is 0 Å². The lowest BCUT2D eigenvalue weighted by Crippen LogP contribution is -2.49. The van der Waals surface area contributed by atoms with Crippen LogP contribution in [0.5, 0.6) is 0 Å². The van der Waals surface area contributed by atoms with Crippen LogP contribution in [0.1, 0.15) is 56.9 Å². The molecule has 2 fully saturated rings. The first-order chi connectivity index (χ1) is 15.1. The lowest BCUT2D eigenvalue weighted by Gasteiger charge is -2.41. The minimum absolute atomic E-state index is 0.199. The first kappa shape index (κ1) is 19.5. The normalized spacial score (nSPS) is 17.1. The Morgan fingerprint density at radius 2 is 2.13 bits per heavy atom. The van der Waals surface area contributed by atoms with Crippen LogP contribution >= 0.6 is 0 Å². The van der Waals surface area contributed by atoms with Gasteiger partial charge in [0.25, 0.3) is 5.91 Å². The number of hydrogen-bond acceptors (Lipinski definition) is 7. The topological polar surface area (TPSA) is 112 Å². The predicted molar refractivity (Wildman–Crippen MR) is 111 cm³/mol. The summed E-state index contributed by atoms with van der Waals surface area (Å²) in [4.78, 5) is 32.7. The van der Waals surface area contributed by atoms with Gasteiger partial charge in [-0.05, 0) is 36.6 Å². The van der Waals surface area contributed by atoms with Crippen LogP contribution in [0.25, 0.3) is 0 Å². The van der Waals surface area contributed by atoms with Crippen molar-refractivity contribution in [2.75, 3.05) is 18.5 Å². The minimum Gasteiger partial charge on any atom is -0.379 e. The summed E-state index contributed by atoms with van der Waals surface area (Å²) in [5.41, 5.74) is 1.94. The molecule has 2 aromatic heterocycles. The van der Waals surface area contributed by atoms with Crippen molar-refractivity contribution in [3.05, 3.63) is 65.3 Å². The maximum absolute atomic E-state index is 12.9. The predicted octanol–water partition coefficient (Wildman–Crippen LogP) is 2.06. The molecule has 9 heteroatoms. The van der Waals surface area contributed by atoms with Gasteiger partial charge in [0.1, 0.15) is 29.4 Å². The molecule has 1 aliphatic carbocycles. The van der Waals surface area contributed by atoms with Gasteiger partial charge >= 0.3 is 0 Å². The Hall–Kier alpha value is -3.46. The molecule has 0 radical (unpaired) electrons. The fraction of sp³-hybridized carbons (Fsp3) is 0.364. The van der Waals surface area contributed by atoms with Gasteiger partial charge < -0.3 is 14.6 Å². The van der Waals surface area contributed by atoms with Crippen LogP contribution in [0.15, 0.2) is 36.7 Å². The van der Waals surface area contributed by atoms with Crippen molar-refractivity contribution in [1.29, 1.82) is 0 Å². The van der Waals surface area contributed by atoms with Gasteiger partial charge in [0, 0.05) is 30.5 Å². The number of hydrogen-bond donors (Lipinski definition) is 1. The number of amides is 1. The summed E-state index contributed by atoms with van der Waals surface area (Å²) in [5, 5.41) is 11.1. The van der Waals surface area contributed by atoms with Gasteiger partial charge in [0.2, 0.25) is 0 Å². The van der Waals surface area contributed by atoms with Crippen LogP contribution in [0.3, 0.4) is 0 Å². The lowest BCUT2D eigenvalue weighted by atomic mass is 9.75. The van der Waals surface area contributed by atoms with E-state index in [0.29, 0.717) is 37.4 Å². The molecule has 1 N–H and O–H groups in total. The van der Waals surface area contributed by atoms with E-state index in [1.807, 2.05) is 35.9 Å². The maximum Gasteiger partial charge on any atom is 0.274 e. The van der Waals surface area contributed by atoms with Gasteiger partial charge in [-0.25, -0.2) is 9.97 Å². The van der Waals surface area contributed by atoms with Crippen LogP contribution in [0.4, 0.5) is 5.69 Å². The quantitative estimate of drug-likeness (QED) is 0.585. The third-order valence-electron chi connectivity index (χ3n) is 5.85. The van der Waals surface area contributed by atoms with Gasteiger partial charge in [0.15, 0.2) is 6.29 Å². The van der Waals surface area contributed by atoms with Crippen molar-refractivity contribution in [2.45, 2.75) is 30.6 Å². The number of aryl methyl sites for hydroxylation is 1. The molecule has 1 saturated heterocycles. The molecule has 0 spiro atoms. The van der Waals surface area contributed by atoms with Crippen molar-refractivity contribution >= 4 is 17.9 Å². The zero-order valence-corrected chi connectivity index (χ0v) is 17.1. The van der Waals surface area contributed by atoms with Crippen LogP contribution in [-0.4, -0.2) is 50.1 Å². The number of carbonyl (C=O) groups is 2. The first-order valence-corrected chi connectivity index (χ1v) is 10.2. The van der Waals surface area contributed by atoms with E-state index < -0.39 is 0 Å². The minimum atomic E-state index is -0.364. The Bertz CT molecular complexity index is 1150. The molecule has 5 rings (SSSR count). The highest BCUT2D eigenvalue weighted by molar-refractivity contribution is 6.03. The summed E-state index contributed by atoms with van der Waals surface area (Å²) in [6.45, 7) is 1.16. The third kappa shape index (κ3) is 3.84. The molecule has 1 aromatic carbocycles. The molecule has 3 heterocycles. The average Bonchev–Trinajstić information content (AvgIpc) is 3.53. The number of aldehydes is 1. The summed E-state index contributed by atoms with van der Waals surface area (Å²) in [5.74, 6) is 1.33. The van der Waals surface area contributed by atoms with Crippen molar-refractivity contribution in [2.24, 2.45) is 7.05 Å². The molecule has 158 valence electrons. The second-order valence-corrected chi connectivity index (χ2v) is 8.27. The van der Waals surface area contributed by atoms with E-state index in [4.69, 9.17) is 4.74 Å². The van der Waals surface area contributed by atoms with E-state index in [1.54, 1.807) is 6.33 Å². The zero-order chi connectivity index (χ0) is 21.4.